The number of benzene rings is 2. The highest BCUT2D eigenvalue weighted by Gasteiger charge is 2.31. The van der Waals surface area contributed by atoms with Gasteiger partial charge in [0.1, 0.15) is 0 Å². The summed E-state index contributed by atoms with van der Waals surface area (Å²) in [5.41, 5.74) is 6.54. The predicted octanol–water partition coefficient (Wildman–Crippen LogP) is 3.37. The van der Waals surface area contributed by atoms with Crippen molar-refractivity contribution in [3.8, 4) is 0 Å². The molecule has 2 aromatic carbocycles. The number of hydrogen-bond acceptors (Lipinski definition) is 3. The number of rotatable bonds is 3. The van der Waals surface area contributed by atoms with Gasteiger partial charge in [-0.3, -0.25) is 4.79 Å². The van der Waals surface area contributed by atoms with Gasteiger partial charge in [-0.15, -0.1) is 0 Å². The molecule has 4 rings (SSSR count). The van der Waals surface area contributed by atoms with E-state index in [1.807, 2.05) is 0 Å². The summed E-state index contributed by atoms with van der Waals surface area (Å²) in [6.45, 7) is 3.28. The van der Waals surface area contributed by atoms with Crippen LogP contribution in [-0.4, -0.2) is 19.0 Å². The molecule has 2 aromatic rings. The molecule has 118 valence electrons. The lowest BCUT2D eigenvalue weighted by Crippen LogP contribution is -2.24. The van der Waals surface area contributed by atoms with Crippen molar-refractivity contribution < 1.29 is 4.79 Å². The largest absolute Gasteiger partial charge is 0.376 e. The highest BCUT2D eigenvalue weighted by atomic mass is 16.1. The molecular weight excluding hydrogens is 286 g/mol. The molecule has 4 nitrogen and oxygen atoms in total. The summed E-state index contributed by atoms with van der Waals surface area (Å²) in [5, 5.41) is 6.60. The summed E-state index contributed by atoms with van der Waals surface area (Å²) in [7, 11) is 0. The molecule has 0 saturated heterocycles. The Morgan fingerprint density at radius 3 is 3.00 bits per heavy atom. The van der Waals surface area contributed by atoms with Crippen LogP contribution in [0, 0.1) is 0 Å². The van der Waals surface area contributed by atoms with E-state index in [-0.39, 0.29) is 11.9 Å². The minimum Gasteiger partial charge on any atom is -0.376 e. The van der Waals surface area contributed by atoms with E-state index < -0.39 is 0 Å². The molecule has 0 spiro atoms. The second-order valence-electron chi connectivity index (χ2n) is 6.24. The van der Waals surface area contributed by atoms with Gasteiger partial charge in [0.25, 0.3) is 0 Å². The number of carbonyl (C=O) groups is 1. The van der Waals surface area contributed by atoms with Crippen LogP contribution < -0.4 is 15.5 Å². The third-order valence-electron chi connectivity index (χ3n) is 4.73. The summed E-state index contributed by atoms with van der Waals surface area (Å²) in [6, 6.07) is 15.3. The summed E-state index contributed by atoms with van der Waals surface area (Å²) in [6.07, 6.45) is 1.97. The van der Waals surface area contributed by atoms with Gasteiger partial charge in [-0.05, 0) is 36.1 Å². The Morgan fingerprint density at radius 2 is 2.13 bits per heavy atom. The summed E-state index contributed by atoms with van der Waals surface area (Å²) in [5.74, 6) is 0.0268. The van der Waals surface area contributed by atoms with Crippen molar-refractivity contribution in [1.29, 1.82) is 0 Å². The average molecular weight is 307 g/mol. The van der Waals surface area contributed by atoms with Crippen LogP contribution in [0.5, 0.6) is 0 Å². The highest BCUT2D eigenvalue weighted by Crippen LogP contribution is 2.46. The monoisotopic (exact) mass is 307 g/mol. The predicted molar refractivity (Wildman–Crippen MR) is 93.3 cm³/mol. The van der Waals surface area contributed by atoms with Gasteiger partial charge < -0.3 is 15.5 Å². The van der Waals surface area contributed by atoms with Gasteiger partial charge in [0.2, 0.25) is 5.91 Å². The molecule has 0 aromatic heterocycles. The Labute approximate surface area is 136 Å². The summed E-state index contributed by atoms with van der Waals surface area (Å²) < 4.78 is 0. The van der Waals surface area contributed by atoms with E-state index in [0.717, 1.165) is 19.4 Å². The minimum absolute atomic E-state index is 0.0268. The van der Waals surface area contributed by atoms with Crippen molar-refractivity contribution in [2.45, 2.75) is 25.8 Å². The molecule has 0 radical (unpaired) electrons. The van der Waals surface area contributed by atoms with Crippen LogP contribution >= 0.6 is 0 Å². The molecular formula is C19H21N3O. The summed E-state index contributed by atoms with van der Waals surface area (Å²) >= 11 is 0. The van der Waals surface area contributed by atoms with E-state index in [2.05, 4.69) is 58.0 Å². The second kappa shape index (κ2) is 5.61. The molecule has 23 heavy (non-hydrogen) atoms. The van der Waals surface area contributed by atoms with Gasteiger partial charge >= 0.3 is 0 Å². The molecule has 1 amide bonds. The molecule has 2 aliphatic rings. The molecule has 0 fully saturated rings. The van der Waals surface area contributed by atoms with E-state index in [1.165, 1.54) is 28.2 Å². The molecule has 2 N–H and O–H groups in total. The third-order valence-corrected chi connectivity index (χ3v) is 4.73. The second-order valence-corrected chi connectivity index (χ2v) is 6.24. The van der Waals surface area contributed by atoms with Gasteiger partial charge in [0.15, 0.2) is 0 Å². The van der Waals surface area contributed by atoms with Crippen molar-refractivity contribution >= 4 is 23.0 Å². The number of carbonyl (C=O) groups excluding carboxylic acids is 1. The van der Waals surface area contributed by atoms with Gasteiger partial charge in [0.05, 0.1) is 17.4 Å². The molecule has 4 heteroatoms. The fourth-order valence-electron chi connectivity index (χ4n) is 3.73. The maximum absolute atomic E-state index is 11.2. The van der Waals surface area contributed by atoms with Gasteiger partial charge in [0, 0.05) is 25.7 Å². The lowest BCUT2D eigenvalue weighted by atomic mass is 9.98. The number of para-hydroxylation sites is 3. The van der Waals surface area contributed by atoms with Crippen molar-refractivity contribution in [2.24, 2.45) is 0 Å². The first-order valence-electron chi connectivity index (χ1n) is 8.23. The smallest absolute Gasteiger partial charge is 0.216 e. The number of nitrogens with one attached hydrogen (secondary N) is 2. The fraction of sp³-hybridized carbons (Fsp3) is 0.316. The molecule has 0 saturated carbocycles. The minimum atomic E-state index is 0.0268. The number of amides is 1. The van der Waals surface area contributed by atoms with Crippen LogP contribution in [0.4, 0.5) is 17.1 Å². The standard InChI is InChI=1S/C19H21N3O/c1-13(23)20-11-9-16-15-6-4-5-14-10-12-22(19(14)15)18-8-3-2-7-17(18)21-16/h2-8,16,21H,9-12H2,1H3,(H,20,23). The van der Waals surface area contributed by atoms with E-state index in [0.29, 0.717) is 6.54 Å². The van der Waals surface area contributed by atoms with E-state index >= 15 is 0 Å². The Morgan fingerprint density at radius 1 is 1.26 bits per heavy atom. The normalized spacial score (nSPS) is 17.8. The summed E-state index contributed by atoms with van der Waals surface area (Å²) in [4.78, 5) is 13.6. The Kier molecular flexibility index (Phi) is 3.45. The Balaban J connectivity index is 1.75. The maximum Gasteiger partial charge on any atom is 0.216 e. The van der Waals surface area contributed by atoms with Crippen LogP contribution in [0.15, 0.2) is 42.5 Å². The van der Waals surface area contributed by atoms with Gasteiger partial charge in [-0.1, -0.05) is 30.3 Å². The highest BCUT2D eigenvalue weighted by molar-refractivity contribution is 5.84. The molecule has 1 unspecified atom stereocenters. The molecule has 1 atom stereocenters. The van der Waals surface area contributed by atoms with Crippen LogP contribution in [0.25, 0.3) is 0 Å². The first-order chi connectivity index (χ1) is 11.2. The van der Waals surface area contributed by atoms with Crippen molar-refractivity contribution in [3.63, 3.8) is 0 Å². The average Bonchev–Trinajstić information content (AvgIpc) is 2.92. The van der Waals surface area contributed by atoms with Crippen LogP contribution in [-0.2, 0) is 11.2 Å². The Bertz CT molecular complexity index is 756. The molecule has 2 heterocycles. The SMILES string of the molecule is CC(=O)NCCC1Nc2ccccc2N2CCc3cccc1c32. The number of anilines is 3. The number of hydrogen-bond donors (Lipinski definition) is 2. The fourth-order valence-corrected chi connectivity index (χ4v) is 3.73. The number of nitrogens with zero attached hydrogens (tertiary/aromatic N) is 1. The zero-order valence-electron chi connectivity index (χ0n) is 13.3. The zero-order valence-corrected chi connectivity index (χ0v) is 13.3. The molecule has 0 bridgehead atoms. The first kappa shape index (κ1) is 14.1. The van der Waals surface area contributed by atoms with E-state index in [1.54, 1.807) is 6.92 Å². The van der Waals surface area contributed by atoms with Gasteiger partial charge in [-0.25, -0.2) is 0 Å². The first-order valence-corrected chi connectivity index (χ1v) is 8.23. The van der Waals surface area contributed by atoms with Crippen molar-refractivity contribution in [3.05, 3.63) is 53.6 Å². The van der Waals surface area contributed by atoms with Crippen LogP contribution in [0.1, 0.15) is 30.5 Å². The van der Waals surface area contributed by atoms with Crippen LogP contribution in [0.3, 0.4) is 0 Å². The van der Waals surface area contributed by atoms with Gasteiger partial charge in [-0.2, -0.15) is 0 Å². The maximum atomic E-state index is 11.2. The molecule has 0 aliphatic carbocycles. The number of fused-ring (bicyclic) bond motifs is 2. The zero-order chi connectivity index (χ0) is 15.8. The van der Waals surface area contributed by atoms with Crippen molar-refractivity contribution in [1.82, 2.24) is 5.32 Å². The molecule has 2 aliphatic heterocycles. The lowest BCUT2D eigenvalue weighted by Gasteiger charge is -2.21. The van der Waals surface area contributed by atoms with E-state index in [4.69, 9.17) is 0 Å². The topological polar surface area (TPSA) is 44.4 Å². The van der Waals surface area contributed by atoms with Crippen molar-refractivity contribution in [2.75, 3.05) is 23.3 Å². The van der Waals surface area contributed by atoms with E-state index in [9.17, 15) is 4.79 Å². The quantitative estimate of drug-likeness (QED) is 0.914. The lowest BCUT2D eigenvalue weighted by molar-refractivity contribution is -0.118. The van der Waals surface area contributed by atoms with Crippen LogP contribution in [0.2, 0.25) is 0 Å². The Hall–Kier alpha value is -2.49. The third kappa shape index (κ3) is 2.44.